The van der Waals surface area contributed by atoms with Crippen molar-refractivity contribution in [1.29, 1.82) is 0 Å². The first-order valence-electron chi connectivity index (χ1n) is 7.48. The zero-order chi connectivity index (χ0) is 12.5. The quantitative estimate of drug-likeness (QED) is 0.563. The third-order valence-corrected chi connectivity index (χ3v) is 5.10. The molecule has 0 N–H and O–H groups in total. The van der Waals surface area contributed by atoms with Crippen LogP contribution in [0.15, 0.2) is 12.2 Å². The molecule has 3 aliphatic carbocycles. The summed E-state index contributed by atoms with van der Waals surface area (Å²) in [6, 6.07) is 0. The van der Waals surface area contributed by atoms with Crippen LogP contribution in [0.25, 0.3) is 0 Å². The average Bonchev–Trinajstić information content (AvgIpc) is 3.02. The van der Waals surface area contributed by atoms with E-state index in [9.17, 15) is 9.59 Å². The van der Waals surface area contributed by atoms with Crippen molar-refractivity contribution in [2.45, 2.75) is 51.4 Å². The Morgan fingerprint density at radius 1 is 0.944 bits per heavy atom. The second-order valence-corrected chi connectivity index (χ2v) is 6.33. The van der Waals surface area contributed by atoms with Crippen molar-refractivity contribution in [3.8, 4) is 0 Å². The van der Waals surface area contributed by atoms with Crippen molar-refractivity contribution >= 4 is 11.6 Å². The number of ketones is 2. The van der Waals surface area contributed by atoms with E-state index in [1.165, 1.54) is 19.3 Å². The summed E-state index contributed by atoms with van der Waals surface area (Å²) in [4.78, 5) is 24.4. The second-order valence-electron chi connectivity index (χ2n) is 6.33. The Hall–Kier alpha value is -0.920. The van der Waals surface area contributed by atoms with Crippen molar-refractivity contribution < 1.29 is 9.59 Å². The van der Waals surface area contributed by atoms with E-state index < -0.39 is 0 Å². The summed E-state index contributed by atoms with van der Waals surface area (Å²) in [5, 5.41) is 0. The lowest BCUT2D eigenvalue weighted by atomic mass is 9.81. The third-order valence-electron chi connectivity index (χ3n) is 5.10. The first-order valence-corrected chi connectivity index (χ1v) is 7.48. The minimum absolute atomic E-state index is 0.160. The Kier molecular flexibility index (Phi) is 3.36. The molecule has 0 aromatic carbocycles. The van der Waals surface area contributed by atoms with Gasteiger partial charge in [-0.2, -0.15) is 0 Å². The minimum atomic E-state index is 0.160. The maximum atomic E-state index is 12.2. The average molecular weight is 246 g/mol. The fourth-order valence-electron chi connectivity index (χ4n) is 4.02. The van der Waals surface area contributed by atoms with Crippen LogP contribution in [0.1, 0.15) is 51.4 Å². The van der Waals surface area contributed by atoms with Crippen LogP contribution in [-0.2, 0) is 9.59 Å². The Morgan fingerprint density at radius 2 is 1.72 bits per heavy atom. The maximum absolute atomic E-state index is 12.2. The van der Waals surface area contributed by atoms with E-state index in [2.05, 4.69) is 12.2 Å². The molecule has 0 aromatic heterocycles. The van der Waals surface area contributed by atoms with E-state index in [0.29, 0.717) is 11.8 Å². The number of rotatable bonds is 4. The molecule has 2 saturated carbocycles. The highest BCUT2D eigenvalue weighted by Gasteiger charge is 2.40. The molecule has 3 unspecified atom stereocenters. The van der Waals surface area contributed by atoms with Gasteiger partial charge >= 0.3 is 0 Å². The van der Waals surface area contributed by atoms with E-state index in [1.54, 1.807) is 0 Å². The summed E-state index contributed by atoms with van der Waals surface area (Å²) in [7, 11) is 0. The first kappa shape index (κ1) is 12.1. The van der Waals surface area contributed by atoms with Gasteiger partial charge in [-0.25, -0.2) is 0 Å². The molecule has 0 aromatic rings. The molecule has 0 radical (unpaired) electrons. The van der Waals surface area contributed by atoms with Crippen LogP contribution < -0.4 is 0 Å². The van der Waals surface area contributed by atoms with Gasteiger partial charge in [-0.15, -0.1) is 0 Å². The monoisotopic (exact) mass is 246 g/mol. The van der Waals surface area contributed by atoms with Gasteiger partial charge in [0.2, 0.25) is 0 Å². The molecule has 3 rings (SSSR count). The lowest BCUT2D eigenvalue weighted by Gasteiger charge is -2.21. The van der Waals surface area contributed by atoms with Gasteiger partial charge in [-0.1, -0.05) is 31.4 Å². The van der Waals surface area contributed by atoms with E-state index in [-0.39, 0.29) is 29.8 Å². The Balaban J connectivity index is 1.54. The number of Topliss-reactive ketones (excluding diaryl/α,β-unsaturated/α-hetero) is 2. The fraction of sp³-hybridized carbons (Fsp3) is 0.750. The molecule has 98 valence electrons. The van der Waals surface area contributed by atoms with Gasteiger partial charge < -0.3 is 0 Å². The van der Waals surface area contributed by atoms with Crippen molar-refractivity contribution in [1.82, 2.24) is 0 Å². The van der Waals surface area contributed by atoms with Gasteiger partial charge in [-0.3, -0.25) is 9.59 Å². The topological polar surface area (TPSA) is 34.1 Å². The van der Waals surface area contributed by atoms with Crippen molar-refractivity contribution in [3.63, 3.8) is 0 Å². The third kappa shape index (κ3) is 2.30. The van der Waals surface area contributed by atoms with Gasteiger partial charge in [-0.05, 0) is 37.5 Å². The fourth-order valence-corrected chi connectivity index (χ4v) is 4.02. The summed E-state index contributed by atoms with van der Waals surface area (Å²) in [6.07, 6.45) is 12.4. The van der Waals surface area contributed by atoms with Crippen LogP contribution in [0, 0.1) is 23.7 Å². The lowest BCUT2D eigenvalue weighted by Crippen LogP contribution is -2.26. The Labute approximate surface area is 109 Å². The molecule has 0 spiro atoms. The number of hydrogen-bond acceptors (Lipinski definition) is 2. The van der Waals surface area contributed by atoms with Gasteiger partial charge in [0.25, 0.3) is 0 Å². The lowest BCUT2D eigenvalue weighted by molar-refractivity contribution is -0.132. The van der Waals surface area contributed by atoms with Crippen LogP contribution >= 0.6 is 0 Å². The summed E-state index contributed by atoms with van der Waals surface area (Å²) >= 11 is 0. The minimum Gasteiger partial charge on any atom is -0.299 e. The summed E-state index contributed by atoms with van der Waals surface area (Å²) in [5.74, 6) is 1.87. The zero-order valence-corrected chi connectivity index (χ0v) is 10.9. The molecule has 2 nitrogen and oxygen atoms in total. The van der Waals surface area contributed by atoms with E-state index >= 15 is 0 Å². The summed E-state index contributed by atoms with van der Waals surface area (Å²) < 4.78 is 0. The predicted molar refractivity (Wildman–Crippen MR) is 70.1 cm³/mol. The normalized spacial score (nSPS) is 35.0. The molecular formula is C16H22O2. The number of carbonyl (C=O) groups excluding carboxylic acids is 2. The second kappa shape index (κ2) is 4.99. The van der Waals surface area contributed by atoms with Crippen molar-refractivity contribution in [2.24, 2.45) is 23.7 Å². The molecule has 0 aliphatic heterocycles. The smallest absolute Gasteiger partial charge is 0.143 e. The van der Waals surface area contributed by atoms with Gasteiger partial charge in [0.15, 0.2) is 0 Å². The molecule has 0 saturated heterocycles. The van der Waals surface area contributed by atoms with Crippen LogP contribution in [0.4, 0.5) is 0 Å². The van der Waals surface area contributed by atoms with E-state index in [4.69, 9.17) is 0 Å². The zero-order valence-electron chi connectivity index (χ0n) is 10.9. The number of fused-ring (bicyclic) bond motifs is 2. The molecule has 3 aliphatic rings. The van der Waals surface area contributed by atoms with Gasteiger partial charge in [0, 0.05) is 11.8 Å². The molecule has 0 amide bonds. The summed E-state index contributed by atoms with van der Waals surface area (Å²) in [6.45, 7) is 0. The highest BCUT2D eigenvalue weighted by molar-refractivity contribution is 6.01. The SMILES string of the molecule is O=C(CC(=O)C1CC2C=CC1C2)C1CCCCC1. The molecule has 3 atom stereocenters. The highest BCUT2D eigenvalue weighted by Crippen LogP contribution is 2.44. The Morgan fingerprint density at radius 3 is 2.33 bits per heavy atom. The van der Waals surface area contributed by atoms with Crippen LogP contribution in [-0.4, -0.2) is 11.6 Å². The van der Waals surface area contributed by atoms with E-state index in [0.717, 1.165) is 25.7 Å². The summed E-state index contributed by atoms with van der Waals surface area (Å²) in [5.41, 5.74) is 0. The van der Waals surface area contributed by atoms with Gasteiger partial charge in [0.1, 0.15) is 11.6 Å². The number of carbonyl (C=O) groups is 2. The number of allylic oxidation sites excluding steroid dienone is 2. The molecule has 2 bridgehead atoms. The Bertz CT molecular complexity index is 377. The largest absolute Gasteiger partial charge is 0.299 e. The molecule has 2 fully saturated rings. The van der Waals surface area contributed by atoms with Crippen LogP contribution in [0.5, 0.6) is 0 Å². The van der Waals surface area contributed by atoms with Crippen molar-refractivity contribution in [2.75, 3.05) is 0 Å². The first-order chi connectivity index (χ1) is 8.74. The van der Waals surface area contributed by atoms with E-state index in [1.807, 2.05) is 0 Å². The molecular weight excluding hydrogens is 224 g/mol. The molecule has 0 heterocycles. The van der Waals surface area contributed by atoms with Crippen LogP contribution in [0.3, 0.4) is 0 Å². The van der Waals surface area contributed by atoms with Gasteiger partial charge in [0.05, 0.1) is 6.42 Å². The van der Waals surface area contributed by atoms with Crippen molar-refractivity contribution in [3.05, 3.63) is 12.2 Å². The standard InChI is InChI=1S/C16H22O2/c17-15(12-4-2-1-3-5-12)10-16(18)14-9-11-6-7-13(14)8-11/h6-7,11-14H,1-5,8-10H2. The molecule has 2 heteroatoms. The predicted octanol–water partition coefficient (Wildman–Crippen LogP) is 3.31. The maximum Gasteiger partial charge on any atom is 0.143 e. The molecule has 18 heavy (non-hydrogen) atoms. The number of hydrogen-bond donors (Lipinski definition) is 0. The highest BCUT2D eigenvalue weighted by atomic mass is 16.1. The van der Waals surface area contributed by atoms with Crippen LogP contribution in [0.2, 0.25) is 0 Å².